The van der Waals surface area contributed by atoms with Crippen molar-refractivity contribution in [3.63, 3.8) is 0 Å². The Labute approximate surface area is 146 Å². The average molecular weight is 345 g/mol. The summed E-state index contributed by atoms with van der Waals surface area (Å²) < 4.78 is 1.87. The molecular formula is C16H23N7O2. The smallest absolute Gasteiger partial charge is 0.276 e. The third-order valence-corrected chi connectivity index (χ3v) is 4.41. The maximum atomic E-state index is 12.5. The second kappa shape index (κ2) is 7.45. The highest BCUT2D eigenvalue weighted by Crippen LogP contribution is 2.09. The van der Waals surface area contributed by atoms with E-state index in [9.17, 15) is 9.59 Å². The standard InChI is InChI=1S/C16H23N7O2/c1-12-10-13(2)23(19-12)7-4-15(24)21-5-3-6-22(9-8-21)16(25)14-11-17-20-18-14/h10-11H,3-9H2,1-2H3,(H,17,18,20). The molecular weight excluding hydrogens is 322 g/mol. The number of rotatable bonds is 4. The Kier molecular flexibility index (Phi) is 5.11. The van der Waals surface area contributed by atoms with Crippen LogP contribution in [0.4, 0.5) is 0 Å². The lowest BCUT2D eigenvalue weighted by atomic mass is 10.3. The van der Waals surface area contributed by atoms with Gasteiger partial charge in [-0.3, -0.25) is 14.3 Å². The van der Waals surface area contributed by atoms with Gasteiger partial charge in [0.1, 0.15) is 0 Å². The third kappa shape index (κ3) is 4.04. The number of hydrogen-bond donors (Lipinski definition) is 1. The molecule has 1 aliphatic rings. The van der Waals surface area contributed by atoms with E-state index in [1.165, 1.54) is 6.20 Å². The lowest BCUT2D eigenvalue weighted by Gasteiger charge is -2.21. The Bertz CT molecular complexity index is 738. The molecule has 0 radical (unpaired) electrons. The molecule has 1 N–H and O–H groups in total. The molecule has 2 aromatic heterocycles. The van der Waals surface area contributed by atoms with Crippen LogP contribution in [0.2, 0.25) is 0 Å². The van der Waals surface area contributed by atoms with Gasteiger partial charge >= 0.3 is 0 Å². The summed E-state index contributed by atoms with van der Waals surface area (Å²) in [6.45, 7) is 6.85. The van der Waals surface area contributed by atoms with Crippen molar-refractivity contribution in [2.75, 3.05) is 26.2 Å². The molecule has 0 saturated carbocycles. The minimum atomic E-state index is -0.148. The quantitative estimate of drug-likeness (QED) is 0.864. The molecule has 0 aromatic carbocycles. The molecule has 134 valence electrons. The average Bonchev–Trinajstić information content (AvgIpc) is 3.15. The zero-order valence-electron chi connectivity index (χ0n) is 14.6. The van der Waals surface area contributed by atoms with Gasteiger partial charge in [-0.15, -0.1) is 0 Å². The number of aromatic amines is 1. The number of amides is 2. The summed E-state index contributed by atoms with van der Waals surface area (Å²) in [7, 11) is 0. The van der Waals surface area contributed by atoms with E-state index < -0.39 is 0 Å². The third-order valence-electron chi connectivity index (χ3n) is 4.41. The van der Waals surface area contributed by atoms with Crippen LogP contribution in [0.5, 0.6) is 0 Å². The topological polar surface area (TPSA) is 100 Å². The molecule has 0 unspecified atom stereocenters. The SMILES string of the molecule is Cc1cc(C)n(CCC(=O)N2CCCN(C(=O)c3cn[nH]n3)CC2)n1. The molecule has 9 heteroatoms. The van der Waals surface area contributed by atoms with Crippen LogP contribution in [0.15, 0.2) is 12.3 Å². The van der Waals surface area contributed by atoms with Crippen LogP contribution >= 0.6 is 0 Å². The van der Waals surface area contributed by atoms with Gasteiger partial charge in [-0.2, -0.15) is 20.5 Å². The van der Waals surface area contributed by atoms with Crippen molar-refractivity contribution in [2.45, 2.75) is 33.2 Å². The van der Waals surface area contributed by atoms with Gasteiger partial charge < -0.3 is 9.80 Å². The lowest BCUT2D eigenvalue weighted by molar-refractivity contribution is -0.131. The summed E-state index contributed by atoms with van der Waals surface area (Å²) >= 11 is 0. The first-order valence-electron chi connectivity index (χ1n) is 8.48. The molecule has 0 spiro atoms. The highest BCUT2D eigenvalue weighted by Gasteiger charge is 2.24. The normalized spacial score (nSPS) is 15.3. The van der Waals surface area contributed by atoms with E-state index in [4.69, 9.17) is 0 Å². The molecule has 3 heterocycles. The second-order valence-electron chi connectivity index (χ2n) is 6.28. The first kappa shape index (κ1) is 17.1. The Hall–Kier alpha value is -2.71. The molecule has 0 atom stereocenters. The molecule has 1 aliphatic heterocycles. The largest absolute Gasteiger partial charge is 0.341 e. The summed E-state index contributed by atoms with van der Waals surface area (Å²) in [4.78, 5) is 28.4. The number of carbonyl (C=O) groups excluding carboxylic acids is 2. The fraction of sp³-hybridized carbons (Fsp3) is 0.562. The number of H-pyrrole nitrogens is 1. The van der Waals surface area contributed by atoms with Gasteiger partial charge in [0.05, 0.1) is 11.9 Å². The molecule has 25 heavy (non-hydrogen) atoms. The number of aromatic nitrogens is 5. The van der Waals surface area contributed by atoms with Crippen molar-refractivity contribution < 1.29 is 9.59 Å². The van der Waals surface area contributed by atoms with Crippen molar-refractivity contribution in [2.24, 2.45) is 0 Å². The summed E-state index contributed by atoms with van der Waals surface area (Å²) in [6, 6.07) is 2.00. The molecule has 2 aromatic rings. The van der Waals surface area contributed by atoms with Crippen molar-refractivity contribution in [1.82, 2.24) is 35.0 Å². The summed E-state index contributed by atoms with van der Waals surface area (Å²) in [5.41, 5.74) is 2.33. The van der Waals surface area contributed by atoms with Gasteiger partial charge in [0.25, 0.3) is 5.91 Å². The molecule has 9 nitrogen and oxygen atoms in total. The molecule has 0 aliphatic carbocycles. The monoisotopic (exact) mass is 345 g/mol. The van der Waals surface area contributed by atoms with Crippen LogP contribution in [0.3, 0.4) is 0 Å². The minimum absolute atomic E-state index is 0.100. The summed E-state index contributed by atoms with van der Waals surface area (Å²) in [5, 5.41) is 14.3. The lowest BCUT2D eigenvalue weighted by Crippen LogP contribution is -2.37. The van der Waals surface area contributed by atoms with Crippen molar-refractivity contribution in [3.05, 3.63) is 29.3 Å². The molecule has 2 amide bonds. The van der Waals surface area contributed by atoms with E-state index in [1.807, 2.05) is 29.5 Å². The number of nitrogens with one attached hydrogen (secondary N) is 1. The second-order valence-corrected chi connectivity index (χ2v) is 6.28. The highest BCUT2D eigenvalue weighted by molar-refractivity contribution is 5.92. The van der Waals surface area contributed by atoms with Gasteiger partial charge in [-0.25, -0.2) is 0 Å². The number of hydrogen-bond acceptors (Lipinski definition) is 5. The predicted molar refractivity (Wildman–Crippen MR) is 89.8 cm³/mol. The zero-order chi connectivity index (χ0) is 17.8. The molecule has 1 fully saturated rings. The Morgan fingerprint density at radius 3 is 2.60 bits per heavy atom. The zero-order valence-corrected chi connectivity index (χ0v) is 14.6. The van der Waals surface area contributed by atoms with Gasteiger partial charge in [0, 0.05) is 44.8 Å². The van der Waals surface area contributed by atoms with Gasteiger partial charge in [0.15, 0.2) is 5.69 Å². The van der Waals surface area contributed by atoms with Crippen LogP contribution in [0.25, 0.3) is 0 Å². The van der Waals surface area contributed by atoms with Crippen LogP contribution in [0.1, 0.15) is 34.7 Å². The fourth-order valence-corrected chi connectivity index (χ4v) is 3.10. The number of aryl methyl sites for hydroxylation is 3. The fourth-order valence-electron chi connectivity index (χ4n) is 3.10. The molecule has 0 bridgehead atoms. The first-order chi connectivity index (χ1) is 12.0. The van der Waals surface area contributed by atoms with Gasteiger partial charge in [0.2, 0.25) is 5.91 Å². The first-order valence-corrected chi connectivity index (χ1v) is 8.48. The van der Waals surface area contributed by atoms with Crippen molar-refractivity contribution in [1.29, 1.82) is 0 Å². The van der Waals surface area contributed by atoms with Crippen molar-refractivity contribution >= 4 is 11.8 Å². The number of nitrogens with zero attached hydrogens (tertiary/aromatic N) is 6. The molecule has 1 saturated heterocycles. The molecule has 3 rings (SSSR count). The van der Waals surface area contributed by atoms with Crippen LogP contribution in [-0.2, 0) is 11.3 Å². The van der Waals surface area contributed by atoms with E-state index in [2.05, 4.69) is 20.5 Å². The maximum Gasteiger partial charge on any atom is 0.276 e. The van der Waals surface area contributed by atoms with Gasteiger partial charge in [-0.1, -0.05) is 0 Å². The summed E-state index contributed by atoms with van der Waals surface area (Å²) in [5.74, 6) is -0.0472. The Balaban J connectivity index is 1.53. The van der Waals surface area contributed by atoms with E-state index in [-0.39, 0.29) is 11.8 Å². The summed E-state index contributed by atoms with van der Waals surface area (Å²) in [6.07, 6.45) is 2.60. The Morgan fingerprint density at radius 1 is 1.16 bits per heavy atom. The maximum absolute atomic E-state index is 12.5. The number of carbonyl (C=O) groups is 2. The minimum Gasteiger partial charge on any atom is -0.341 e. The highest BCUT2D eigenvalue weighted by atomic mass is 16.2. The van der Waals surface area contributed by atoms with E-state index in [0.717, 1.165) is 17.8 Å². The van der Waals surface area contributed by atoms with Crippen LogP contribution < -0.4 is 0 Å². The van der Waals surface area contributed by atoms with E-state index in [0.29, 0.717) is 44.8 Å². The van der Waals surface area contributed by atoms with Gasteiger partial charge in [-0.05, 0) is 26.3 Å². The van der Waals surface area contributed by atoms with Crippen LogP contribution in [-0.4, -0.2) is 73.0 Å². The Morgan fingerprint density at radius 2 is 1.92 bits per heavy atom. The van der Waals surface area contributed by atoms with E-state index in [1.54, 1.807) is 4.90 Å². The van der Waals surface area contributed by atoms with Crippen LogP contribution in [0, 0.1) is 13.8 Å². The van der Waals surface area contributed by atoms with Crippen molar-refractivity contribution in [3.8, 4) is 0 Å². The van der Waals surface area contributed by atoms with E-state index >= 15 is 0 Å². The predicted octanol–water partition coefficient (Wildman–Crippen LogP) is 0.383.